The third-order valence-corrected chi connectivity index (χ3v) is 2.48. The van der Waals surface area contributed by atoms with Gasteiger partial charge in [0.1, 0.15) is 5.75 Å². The number of ether oxygens (including phenoxy) is 1. The Labute approximate surface area is 116 Å². The van der Waals surface area contributed by atoms with Gasteiger partial charge < -0.3 is 15.2 Å². The predicted octanol–water partition coefficient (Wildman–Crippen LogP) is 1.26. The lowest BCUT2D eigenvalue weighted by molar-refractivity contribution is -0.385. The number of methoxy groups -OCH3 is 1. The van der Waals surface area contributed by atoms with E-state index < -0.39 is 40.9 Å². The van der Waals surface area contributed by atoms with E-state index in [1.807, 2.05) is 0 Å². The first kappa shape index (κ1) is 16.7. The highest BCUT2D eigenvalue weighted by Crippen LogP contribution is 2.28. The lowest BCUT2D eigenvalue weighted by atomic mass is 10.1. The van der Waals surface area contributed by atoms with Crippen LogP contribution in [0.3, 0.4) is 0 Å². The van der Waals surface area contributed by atoms with Gasteiger partial charge in [-0.1, -0.05) is 6.07 Å². The van der Waals surface area contributed by atoms with Gasteiger partial charge >= 0.3 is 6.18 Å². The van der Waals surface area contributed by atoms with Gasteiger partial charge in [0.15, 0.2) is 11.7 Å². The minimum atomic E-state index is -4.90. The van der Waals surface area contributed by atoms with E-state index in [0.29, 0.717) is 0 Å². The van der Waals surface area contributed by atoms with Crippen molar-refractivity contribution in [1.82, 2.24) is 5.32 Å². The summed E-state index contributed by atoms with van der Waals surface area (Å²) in [6.07, 6.45) is -7.67. The van der Waals surface area contributed by atoms with Crippen LogP contribution in [0.15, 0.2) is 18.2 Å². The van der Waals surface area contributed by atoms with E-state index in [1.165, 1.54) is 12.1 Å². The van der Waals surface area contributed by atoms with Crippen molar-refractivity contribution in [2.75, 3.05) is 13.7 Å². The van der Waals surface area contributed by atoms with Gasteiger partial charge in [-0.05, 0) is 6.07 Å². The minimum Gasteiger partial charge on any atom is -0.496 e. The SMILES string of the molecule is COc1cccc([N+](=O)[O-])c1C(=O)NCC(O)C(F)(F)F. The van der Waals surface area contributed by atoms with Gasteiger partial charge in [0.05, 0.1) is 18.6 Å². The summed E-state index contributed by atoms with van der Waals surface area (Å²) in [6, 6.07) is 3.53. The second-order valence-corrected chi connectivity index (χ2v) is 3.88. The number of aliphatic hydroxyl groups is 1. The molecule has 1 atom stereocenters. The average Bonchev–Trinajstić information content (AvgIpc) is 2.42. The van der Waals surface area contributed by atoms with Crippen molar-refractivity contribution in [3.8, 4) is 5.75 Å². The van der Waals surface area contributed by atoms with E-state index in [-0.39, 0.29) is 5.75 Å². The summed E-state index contributed by atoms with van der Waals surface area (Å²) < 4.78 is 41.1. The number of nitro benzene ring substituents is 1. The maximum atomic E-state index is 12.1. The van der Waals surface area contributed by atoms with Gasteiger partial charge in [0.2, 0.25) is 0 Å². The first-order valence-corrected chi connectivity index (χ1v) is 5.52. The summed E-state index contributed by atoms with van der Waals surface area (Å²) in [7, 11) is 1.15. The van der Waals surface area contributed by atoms with Crippen LogP contribution in [0.2, 0.25) is 0 Å². The predicted molar refractivity (Wildman–Crippen MR) is 64.0 cm³/mol. The molecule has 0 aliphatic carbocycles. The number of alkyl halides is 3. The Morgan fingerprint density at radius 1 is 1.52 bits per heavy atom. The van der Waals surface area contributed by atoms with Crippen molar-refractivity contribution in [3.63, 3.8) is 0 Å². The molecular weight excluding hydrogens is 297 g/mol. The number of carbonyl (C=O) groups excluding carboxylic acids is 1. The summed E-state index contributed by atoms with van der Waals surface area (Å²) in [5.41, 5.74) is -1.13. The maximum absolute atomic E-state index is 12.1. The Morgan fingerprint density at radius 2 is 2.14 bits per heavy atom. The van der Waals surface area contributed by atoms with Crippen molar-refractivity contribution in [1.29, 1.82) is 0 Å². The molecule has 1 aromatic carbocycles. The number of nitrogens with one attached hydrogen (secondary N) is 1. The number of nitro groups is 1. The highest BCUT2D eigenvalue weighted by molar-refractivity contribution is 6.00. The van der Waals surface area contributed by atoms with Crippen molar-refractivity contribution in [3.05, 3.63) is 33.9 Å². The van der Waals surface area contributed by atoms with Crippen LogP contribution < -0.4 is 10.1 Å². The zero-order chi connectivity index (χ0) is 16.2. The van der Waals surface area contributed by atoms with Crippen LogP contribution in [0, 0.1) is 10.1 Å². The van der Waals surface area contributed by atoms with E-state index in [1.54, 1.807) is 5.32 Å². The minimum absolute atomic E-state index is 0.164. The Bertz CT molecular complexity index is 547. The normalized spacial score (nSPS) is 12.6. The fraction of sp³-hybridized carbons (Fsp3) is 0.364. The van der Waals surface area contributed by atoms with Gasteiger partial charge in [0.25, 0.3) is 11.6 Å². The molecule has 1 amide bonds. The van der Waals surface area contributed by atoms with E-state index in [9.17, 15) is 28.1 Å². The summed E-state index contributed by atoms with van der Waals surface area (Å²) in [6.45, 7) is -1.13. The average molecular weight is 308 g/mol. The molecule has 1 rings (SSSR count). The van der Waals surface area contributed by atoms with Gasteiger partial charge in [0, 0.05) is 6.07 Å². The molecule has 0 fully saturated rings. The molecule has 0 aromatic heterocycles. The van der Waals surface area contributed by atoms with E-state index in [0.717, 1.165) is 13.2 Å². The number of benzene rings is 1. The smallest absolute Gasteiger partial charge is 0.416 e. The Kier molecular flexibility index (Phi) is 5.08. The van der Waals surface area contributed by atoms with Crippen LogP contribution in [0.1, 0.15) is 10.4 Å². The zero-order valence-corrected chi connectivity index (χ0v) is 10.7. The first-order valence-electron chi connectivity index (χ1n) is 5.52. The molecule has 0 saturated heterocycles. The highest BCUT2D eigenvalue weighted by Gasteiger charge is 2.38. The number of halogens is 3. The number of carbonyl (C=O) groups is 1. The largest absolute Gasteiger partial charge is 0.496 e. The summed E-state index contributed by atoms with van der Waals surface area (Å²) >= 11 is 0. The lowest BCUT2D eigenvalue weighted by Gasteiger charge is -2.15. The van der Waals surface area contributed by atoms with Gasteiger partial charge in [-0.15, -0.1) is 0 Å². The first-order chi connectivity index (χ1) is 9.68. The van der Waals surface area contributed by atoms with Gasteiger partial charge in [-0.25, -0.2) is 0 Å². The molecule has 116 valence electrons. The number of nitrogens with zero attached hydrogens (tertiary/aromatic N) is 1. The molecule has 0 aliphatic heterocycles. The van der Waals surface area contributed by atoms with Crippen LogP contribution >= 0.6 is 0 Å². The molecule has 7 nitrogen and oxygen atoms in total. The second-order valence-electron chi connectivity index (χ2n) is 3.88. The fourth-order valence-electron chi connectivity index (χ4n) is 1.46. The molecule has 0 aliphatic rings. The molecular formula is C11H11F3N2O5. The maximum Gasteiger partial charge on any atom is 0.416 e. The standard InChI is InChI=1S/C11H11F3N2O5/c1-21-7-4-2-3-6(16(19)20)9(7)10(18)15-5-8(17)11(12,13)14/h2-4,8,17H,5H2,1H3,(H,15,18). The number of hydrogen-bond acceptors (Lipinski definition) is 5. The third kappa shape index (κ3) is 4.05. The number of amides is 1. The number of aliphatic hydroxyl groups excluding tert-OH is 1. The lowest BCUT2D eigenvalue weighted by Crippen LogP contribution is -2.40. The van der Waals surface area contributed by atoms with Gasteiger partial charge in [-0.2, -0.15) is 13.2 Å². The monoisotopic (exact) mass is 308 g/mol. The quantitative estimate of drug-likeness (QED) is 0.630. The van der Waals surface area contributed by atoms with Crippen molar-refractivity contribution in [2.24, 2.45) is 0 Å². The summed E-state index contributed by atoms with van der Waals surface area (Å²) in [5.74, 6) is -1.31. The van der Waals surface area contributed by atoms with Crippen molar-refractivity contribution < 1.29 is 32.7 Å². The summed E-state index contributed by atoms with van der Waals surface area (Å²) in [5, 5.41) is 21.4. The van der Waals surface area contributed by atoms with Crippen molar-refractivity contribution in [2.45, 2.75) is 12.3 Å². The number of rotatable bonds is 5. The number of hydrogen-bond donors (Lipinski definition) is 2. The van der Waals surface area contributed by atoms with Crippen LogP contribution in [0.5, 0.6) is 5.75 Å². The summed E-state index contributed by atoms with van der Waals surface area (Å²) in [4.78, 5) is 21.8. The second kappa shape index (κ2) is 6.39. The molecule has 0 saturated carbocycles. The Hall–Kier alpha value is -2.36. The van der Waals surface area contributed by atoms with E-state index in [2.05, 4.69) is 0 Å². The molecule has 0 heterocycles. The Morgan fingerprint density at radius 3 is 2.62 bits per heavy atom. The molecule has 1 unspecified atom stereocenters. The van der Waals surface area contributed by atoms with E-state index >= 15 is 0 Å². The zero-order valence-electron chi connectivity index (χ0n) is 10.7. The molecule has 1 aromatic rings. The molecule has 10 heteroatoms. The molecule has 0 spiro atoms. The van der Waals surface area contributed by atoms with Crippen molar-refractivity contribution >= 4 is 11.6 Å². The molecule has 21 heavy (non-hydrogen) atoms. The topological polar surface area (TPSA) is 102 Å². The van der Waals surface area contributed by atoms with E-state index in [4.69, 9.17) is 9.84 Å². The molecule has 2 N–H and O–H groups in total. The third-order valence-electron chi connectivity index (χ3n) is 2.48. The molecule has 0 bridgehead atoms. The van der Waals surface area contributed by atoms with Gasteiger partial charge in [-0.3, -0.25) is 14.9 Å². The van der Waals surface area contributed by atoms with Crippen LogP contribution in [0.25, 0.3) is 0 Å². The Balaban J connectivity index is 2.99. The fourth-order valence-corrected chi connectivity index (χ4v) is 1.46. The highest BCUT2D eigenvalue weighted by atomic mass is 19.4. The van der Waals surface area contributed by atoms with Crippen LogP contribution in [0.4, 0.5) is 18.9 Å². The molecule has 0 radical (unpaired) electrons. The van der Waals surface area contributed by atoms with Crippen LogP contribution in [-0.4, -0.2) is 41.9 Å². The van der Waals surface area contributed by atoms with Crippen LogP contribution in [-0.2, 0) is 0 Å².